The fourth-order valence-electron chi connectivity index (χ4n) is 2.95. The fourth-order valence-corrected chi connectivity index (χ4v) is 4.20. The van der Waals surface area contributed by atoms with Crippen LogP contribution in [0.15, 0.2) is 33.6 Å². The molecular formula is C18H28N4O3S. The molecule has 2 rings (SSSR count). The Bertz CT molecular complexity index is 761. The average molecular weight is 381 g/mol. The second-order valence-corrected chi connectivity index (χ2v) is 8.13. The van der Waals surface area contributed by atoms with Crippen molar-refractivity contribution in [1.29, 1.82) is 0 Å². The number of nitrogens with zero attached hydrogens (tertiary/aromatic N) is 2. The van der Waals surface area contributed by atoms with Gasteiger partial charge in [0, 0.05) is 38.2 Å². The van der Waals surface area contributed by atoms with Crippen molar-refractivity contribution in [3.05, 3.63) is 29.8 Å². The molecular weight excluding hydrogens is 352 g/mol. The number of hydrogen-bond acceptors (Lipinski definition) is 5. The first kappa shape index (κ1) is 20.4. The van der Waals surface area contributed by atoms with Gasteiger partial charge < -0.3 is 16.0 Å². The number of benzene rings is 1. The van der Waals surface area contributed by atoms with Crippen LogP contribution in [0.4, 0.5) is 0 Å². The summed E-state index contributed by atoms with van der Waals surface area (Å²) in [6, 6.07) is 6.81. The summed E-state index contributed by atoms with van der Waals surface area (Å²) in [7, 11) is -1.83. The average Bonchev–Trinajstić information content (AvgIpc) is 2.90. The molecule has 0 bridgehead atoms. The van der Waals surface area contributed by atoms with Gasteiger partial charge in [0.05, 0.1) is 0 Å². The minimum Gasteiger partial charge on any atom is -0.358 e. The molecule has 1 heterocycles. The SMILES string of the molecule is CCCCC(CN)NC(=O)CCCN(C)C1=NS(=O)(=O)c2ccccc21. The van der Waals surface area contributed by atoms with E-state index in [0.717, 1.165) is 19.3 Å². The number of amidine groups is 1. The van der Waals surface area contributed by atoms with Crippen molar-refractivity contribution in [1.82, 2.24) is 10.2 Å². The van der Waals surface area contributed by atoms with E-state index < -0.39 is 10.0 Å². The van der Waals surface area contributed by atoms with Crippen molar-refractivity contribution in [2.24, 2.45) is 10.1 Å². The lowest BCUT2D eigenvalue weighted by Gasteiger charge is -2.20. The third-order valence-corrected chi connectivity index (χ3v) is 5.75. The summed E-state index contributed by atoms with van der Waals surface area (Å²) < 4.78 is 28.1. The first-order chi connectivity index (χ1) is 12.4. The Morgan fingerprint density at radius 2 is 2.04 bits per heavy atom. The molecule has 8 heteroatoms. The van der Waals surface area contributed by atoms with E-state index in [-0.39, 0.29) is 16.8 Å². The number of carbonyl (C=O) groups excluding carboxylic acids is 1. The highest BCUT2D eigenvalue weighted by Gasteiger charge is 2.30. The van der Waals surface area contributed by atoms with Crippen LogP contribution in [-0.4, -0.2) is 51.2 Å². The topological polar surface area (TPSA) is 105 Å². The standard InChI is InChI=1S/C18H28N4O3S/c1-3-4-8-14(13-19)20-17(23)11-7-12-22(2)18-15-9-5-6-10-16(15)26(24,25)21-18/h5-6,9-10,14H,3-4,7-8,11-13,19H2,1-2H3,(H,20,23). The Kier molecular flexibility index (Phi) is 7.16. The monoisotopic (exact) mass is 380 g/mol. The molecule has 3 N–H and O–H groups in total. The molecule has 0 spiro atoms. The Morgan fingerprint density at radius 3 is 2.73 bits per heavy atom. The van der Waals surface area contributed by atoms with E-state index in [1.165, 1.54) is 0 Å². The molecule has 0 saturated carbocycles. The van der Waals surface area contributed by atoms with E-state index in [1.54, 1.807) is 36.2 Å². The van der Waals surface area contributed by atoms with Crippen LogP contribution in [0.1, 0.15) is 44.6 Å². The van der Waals surface area contributed by atoms with Gasteiger partial charge in [0.2, 0.25) is 5.91 Å². The van der Waals surface area contributed by atoms with Gasteiger partial charge in [-0.2, -0.15) is 8.42 Å². The number of rotatable bonds is 9. The smallest absolute Gasteiger partial charge is 0.285 e. The van der Waals surface area contributed by atoms with Crippen molar-refractivity contribution in [3.8, 4) is 0 Å². The second-order valence-electron chi connectivity index (χ2n) is 6.55. The van der Waals surface area contributed by atoms with Crippen LogP contribution in [0.25, 0.3) is 0 Å². The molecule has 0 fully saturated rings. The van der Waals surface area contributed by atoms with Crippen LogP contribution in [0.3, 0.4) is 0 Å². The predicted molar refractivity (Wildman–Crippen MR) is 103 cm³/mol. The summed E-state index contributed by atoms with van der Waals surface area (Å²) >= 11 is 0. The van der Waals surface area contributed by atoms with Gasteiger partial charge in [-0.3, -0.25) is 4.79 Å². The molecule has 0 aliphatic carbocycles. The lowest BCUT2D eigenvalue weighted by Crippen LogP contribution is -2.40. The van der Waals surface area contributed by atoms with E-state index in [4.69, 9.17) is 5.73 Å². The van der Waals surface area contributed by atoms with Gasteiger partial charge in [0.15, 0.2) is 0 Å². The fraction of sp³-hybridized carbons (Fsp3) is 0.556. The number of sulfonamides is 1. The molecule has 0 radical (unpaired) electrons. The number of unbranched alkanes of at least 4 members (excludes halogenated alkanes) is 1. The number of carbonyl (C=O) groups is 1. The maximum Gasteiger partial charge on any atom is 0.285 e. The molecule has 1 aromatic rings. The number of amides is 1. The van der Waals surface area contributed by atoms with Crippen LogP contribution in [0.2, 0.25) is 0 Å². The van der Waals surface area contributed by atoms with Crippen LogP contribution in [0.5, 0.6) is 0 Å². The van der Waals surface area contributed by atoms with Crippen molar-refractivity contribution in [2.45, 2.75) is 50.0 Å². The third-order valence-electron chi connectivity index (χ3n) is 4.43. The highest BCUT2D eigenvalue weighted by Crippen LogP contribution is 2.26. The first-order valence-electron chi connectivity index (χ1n) is 9.04. The van der Waals surface area contributed by atoms with Gasteiger partial charge in [0.1, 0.15) is 10.7 Å². The lowest BCUT2D eigenvalue weighted by atomic mass is 10.1. The maximum atomic E-state index is 12.1. The number of nitrogens with one attached hydrogen (secondary N) is 1. The Hall–Kier alpha value is -1.93. The zero-order valence-electron chi connectivity index (χ0n) is 15.4. The van der Waals surface area contributed by atoms with Gasteiger partial charge in [-0.1, -0.05) is 31.9 Å². The van der Waals surface area contributed by atoms with Crippen LogP contribution in [-0.2, 0) is 14.8 Å². The summed E-state index contributed by atoms with van der Waals surface area (Å²) in [4.78, 5) is 14.1. The highest BCUT2D eigenvalue weighted by atomic mass is 32.2. The molecule has 1 aliphatic heterocycles. The first-order valence-corrected chi connectivity index (χ1v) is 10.5. The molecule has 0 aromatic heterocycles. The van der Waals surface area contributed by atoms with E-state index in [9.17, 15) is 13.2 Å². The Morgan fingerprint density at radius 1 is 1.31 bits per heavy atom. The normalized spacial score (nSPS) is 15.9. The summed E-state index contributed by atoms with van der Waals surface area (Å²) in [5, 5.41) is 2.96. The summed E-state index contributed by atoms with van der Waals surface area (Å²) in [5.41, 5.74) is 6.31. The van der Waals surface area contributed by atoms with Crippen molar-refractivity contribution < 1.29 is 13.2 Å². The minimum absolute atomic E-state index is 0.0219. The van der Waals surface area contributed by atoms with E-state index in [2.05, 4.69) is 16.6 Å². The zero-order chi connectivity index (χ0) is 19.2. The van der Waals surface area contributed by atoms with Gasteiger partial charge in [-0.25, -0.2) is 0 Å². The third kappa shape index (κ3) is 5.04. The number of hydrogen-bond donors (Lipinski definition) is 2. The van der Waals surface area contributed by atoms with Crippen molar-refractivity contribution >= 4 is 21.8 Å². The molecule has 1 aliphatic rings. The molecule has 1 unspecified atom stereocenters. The Labute approximate surface area is 155 Å². The molecule has 26 heavy (non-hydrogen) atoms. The second kappa shape index (κ2) is 9.14. The van der Waals surface area contributed by atoms with Gasteiger partial charge in [0.25, 0.3) is 10.0 Å². The van der Waals surface area contributed by atoms with Gasteiger partial charge in [-0.15, -0.1) is 4.40 Å². The summed E-state index contributed by atoms with van der Waals surface area (Å²) in [6.07, 6.45) is 3.98. The molecule has 144 valence electrons. The highest BCUT2D eigenvalue weighted by molar-refractivity contribution is 7.90. The number of fused-ring (bicyclic) bond motifs is 1. The molecule has 1 atom stereocenters. The maximum absolute atomic E-state index is 12.1. The van der Waals surface area contributed by atoms with E-state index in [0.29, 0.717) is 37.3 Å². The van der Waals surface area contributed by atoms with Gasteiger partial charge in [-0.05, 0) is 25.0 Å². The van der Waals surface area contributed by atoms with Crippen molar-refractivity contribution in [3.63, 3.8) is 0 Å². The van der Waals surface area contributed by atoms with E-state index >= 15 is 0 Å². The molecule has 1 amide bonds. The lowest BCUT2D eigenvalue weighted by molar-refractivity contribution is -0.121. The molecule has 0 saturated heterocycles. The van der Waals surface area contributed by atoms with E-state index in [1.807, 2.05) is 0 Å². The summed E-state index contributed by atoms with van der Waals surface area (Å²) in [6.45, 7) is 3.09. The predicted octanol–water partition coefficient (Wildman–Crippen LogP) is 1.48. The largest absolute Gasteiger partial charge is 0.358 e. The Balaban J connectivity index is 1.86. The van der Waals surface area contributed by atoms with Crippen LogP contribution >= 0.6 is 0 Å². The minimum atomic E-state index is -3.62. The molecule has 1 aromatic carbocycles. The van der Waals surface area contributed by atoms with Crippen molar-refractivity contribution in [2.75, 3.05) is 20.1 Å². The van der Waals surface area contributed by atoms with Crippen LogP contribution < -0.4 is 11.1 Å². The quantitative estimate of drug-likeness (QED) is 0.675. The molecule has 7 nitrogen and oxygen atoms in total. The van der Waals surface area contributed by atoms with Gasteiger partial charge >= 0.3 is 0 Å². The van der Waals surface area contributed by atoms with Crippen LogP contribution in [0, 0.1) is 0 Å². The number of nitrogens with two attached hydrogens (primary N) is 1. The zero-order valence-corrected chi connectivity index (χ0v) is 16.3. The summed E-state index contributed by atoms with van der Waals surface area (Å²) in [5.74, 6) is 0.412.